The summed E-state index contributed by atoms with van der Waals surface area (Å²) >= 11 is 0. The van der Waals surface area contributed by atoms with Gasteiger partial charge in [0.15, 0.2) is 5.82 Å². The molecule has 3 N–H and O–H groups in total. The molecule has 1 aromatic carbocycles. The van der Waals surface area contributed by atoms with Gasteiger partial charge in [-0.25, -0.2) is 0 Å². The molecule has 3 aliphatic heterocycles. The number of nitrogens with zero attached hydrogens (tertiary/aromatic N) is 3. The number of aromatic nitrogens is 2. The molecule has 154 valence electrons. The molecule has 2 atom stereocenters. The quantitative estimate of drug-likeness (QED) is 0.741. The molecular formula is C22H30N6O. The van der Waals surface area contributed by atoms with Crippen molar-refractivity contribution in [2.24, 2.45) is 0 Å². The van der Waals surface area contributed by atoms with E-state index in [2.05, 4.69) is 61.8 Å². The number of likely N-dealkylation sites (tertiary alicyclic amines) is 1. The van der Waals surface area contributed by atoms with Crippen molar-refractivity contribution >= 4 is 17.4 Å². The number of carbonyl (C=O) groups excluding carboxylic acids is 1. The smallest absolute Gasteiger partial charge is 0.245 e. The number of amides is 1. The van der Waals surface area contributed by atoms with Crippen molar-refractivity contribution in [3.05, 3.63) is 41.1 Å². The number of piperidine rings is 1. The van der Waals surface area contributed by atoms with Gasteiger partial charge in [-0.1, -0.05) is 12.1 Å². The predicted molar refractivity (Wildman–Crippen MR) is 115 cm³/mol. The number of aromatic amines is 1. The molecule has 0 bridgehead atoms. The molecule has 4 heterocycles. The molecule has 2 aromatic rings. The highest BCUT2D eigenvalue weighted by Gasteiger charge is 2.34. The van der Waals surface area contributed by atoms with E-state index < -0.39 is 0 Å². The Hall–Kier alpha value is -2.54. The summed E-state index contributed by atoms with van der Waals surface area (Å²) in [4.78, 5) is 17.6. The zero-order valence-corrected chi connectivity index (χ0v) is 17.1. The molecule has 29 heavy (non-hydrogen) atoms. The number of benzene rings is 1. The SMILES string of the molecule is Cc1cccc2c1CC(C(=O)N1CCCC(c3cc(N4CCNCC4)n[nH]3)C1)N2. The fraction of sp³-hybridized carbons (Fsp3) is 0.545. The number of hydrogen-bond donors (Lipinski definition) is 3. The predicted octanol–water partition coefficient (Wildman–Crippen LogP) is 1.87. The second-order valence-electron chi connectivity index (χ2n) is 8.54. The molecule has 2 unspecified atom stereocenters. The number of piperazine rings is 1. The van der Waals surface area contributed by atoms with Crippen LogP contribution in [0.25, 0.3) is 0 Å². The van der Waals surface area contributed by atoms with Gasteiger partial charge in [0.05, 0.1) is 0 Å². The van der Waals surface area contributed by atoms with E-state index in [1.165, 1.54) is 11.1 Å². The van der Waals surface area contributed by atoms with Crippen LogP contribution >= 0.6 is 0 Å². The van der Waals surface area contributed by atoms with Crippen LogP contribution in [0.1, 0.15) is 35.6 Å². The van der Waals surface area contributed by atoms with Gasteiger partial charge >= 0.3 is 0 Å². The van der Waals surface area contributed by atoms with Gasteiger partial charge < -0.3 is 20.4 Å². The van der Waals surface area contributed by atoms with Crippen molar-refractivity contribution < 1.29 is 4.79 Å². The minimum absolute atomic E-state index is 0.136. The molecule has 0 radical (unpaired) electrons. The average molecular weight is 395 g/mol. The number of aryl methyl sites for hydroxylation is 1. The fourth-order valence-corrected chi connectivity index (χ4v) is 4.94. The number of carbonyl (C=O) groups is 1. The third kappa shape index (κ3) is 3.59. The van der Waals surface area contributed by atoms with Gasteiger partial charge in [-0.3, -0.25) is 9.89 Å². The van der Waals surface area contributed by atoms with Crippen molar-refractivity contribution in [3.8, 4) is 0 Å². The van der Waals surface area contributed by atoms with Crippen LogP contribution in [0.5, 0.6) is 0 Å². The average Bonchev–Trinajstić information content (AvgIpc) is 3.42. The van der Waals surface area contributed by atoms with E-state index in [-0.39, 0.29) is 11.9 Å². The zero-order chi connectivity index (χ0) is 19.8. The van der Waals surface area contributed by atoms with Crippen molar-refractivity contribution in [2.75, 3.05) is 49.5 Å². The fourth-order valence-electron chi connectivity index (χ4n) is 4.94. The Balaban J connectivity index is 1.25. The van der Waals surface area contributed by atoms with E-state index in [1.807, 2.05) is 0 Å². The maximum atomic E-state index is 13.2. The van der Waals surface area contributed by atoms with Gasteiger partial charge in [-0.15, -0.1) is 0 Å². The van der Waals surface area contributed by atoms with Gasteiger partial charge in [0.2, 0.25) is 5.91 Å². The number of fused-ring (bicyclic) bond motifs is 1. The van der Waals surface area contributed by atoms with Gasteiger partial charge in [0.1, 0.15) is 6.04 Å². The molecule has 1 aromatic heterocycles. The molecule has 7 nitrogen and oxygen atoms in total. The molecule has 5 rings (SSSR count). The minimum atomic E-state index is -0.136. The van der Waals surface area contributed by atoms with Crippen molar-refractivity contribution in [3.63, 3.8) is 0 Å². The molecule has 1 amide bonds. The van der Waals surface area contributed by atoms with Crippen LogP contribution in [0.2, 0.25) is 0 Å². The van der Waals surface area contributed by atoms with Crippen LogP contribution in [0.15, 0.2) is 24.3 Å². The molecule has 0 spiro atoms. The Kier molecular flexibility index (Phi) is 4.91. The lowest BCUT2D eigenvalue weighted by Crippen LogP contribution is -2.46. The molecule has 7 heteroatoms. The number of hydrogen-bond acceptors (Lipinski definition) is 5. The summed E-state index contributed by atoms with van der Waals surface area (Å²) in [5.41, 5.74) is 4.83. The highest BCUT2D eigenvalue weighted by Crippen LogP contribution is 2.32. The molecular weight excluding hydrogens is 364 g/mol. The van der Waals surface area contributed by atoms with Gasteiger partial charge in [0.25, 0.3) is 0 Å². The Morgan fingerprint density at radius 2 is 2.07 bits per heavy atom. The van der Waals surface area contributed by atoms with Gasteiger partial charge in [-0.2, -0.15) is 5.10 Å². The maximum absolute atomic E-state index is 13.2. The van der Waals surface area contributed by atoms with Crippen LogP contribution in [-0.4, -0.2) is 66.3 Å². The lowest BCUT2D eigenvalue weighted by molar-refractivity contribution is -0.133. The van der Waals surface area contributed by atoms with Crippen LogP contribution < -0.4 is 15.5 Å². The van der Waals surface area contributed by atoms with Crippen molar-refractivity contribution in [2.45, 2.75) is 38.1 Å². The van der Waals surface area contributed by atoms with Crippen LogP contribution in [-0.2, 0) is 11.2 Å². The summed E-state index contributed by atoms with van der Waals surface area (Å²) < 4.78 is 0. The monoisotopic (exact) mass is 394 g/mol. The van der Waals surface area contributed by atoms with E-state index in [0.717, 1.165) is 75.7 Å². The lowest BCUT2D eigenvalue weighted by Gasteiger charge is -2.34. The Morgan fingerprint density at radius 1 is 1.21 bits per heavy atom. The number of nitrogens with one attached hydrogen (secondary N) is 3. The maximum Gasteiger partial charge on any atom is 0.245 e. The van der Waals surface area contributed by atoms with E-state index in [1.54, 1.807) is 0 Å². The molecule has 2 fully saturated rings. The van der Waals surface area contributed by atoms with E-state index in [0.29, 0.717) is 5.92 Å². The van der Waals surface area contributed by atoms with Crippen LogP contribution in [0.3, 0.4) is 0 Å². The molecule has 2 saturated heterocycles. The largest absolute Gasteiger partial charge is 0.373 e. The Bertz CT molecular complexity index is 887. The Labute approximate surface area is 171 Å². The standard InChI is InChI=1S/C22H30N6O/c1-15-4-2-6-18-17(15)12-20(24-18)22(29)28-9-3-5-16(14-28)19-13-21(26-25-19)27-10-7-23-8-11-27/h2,4,6,13,16,20,23-24H,3,5,7-12,14H2,1H3,(H,25,26). The summed E-state index contributed by atoms with van der Waals surface area (Å²) in [6, 6.07) is 8.31. The normalized spacial score (nSPS) is 24.3. The second-order valence-corrected chi connectivity index (χ2v) is 8.54. The van der Waals surface area contributed by atoms with E-state index in [9.17, 15) is 4.79 Å². The van der Waals surface area contributed by atoms with E-state index >= 15 is 0 Å². The second kappa shape index (κ2) is 7.71. The number of H-pyrrole nitrogens is 1. The summed E-state index contributed by atoms with van der Waals surface area (Å²) in [5, 5.41) is 14.6. The zero-order valence-electron chi connectivity index (χ0n) is 17.1. The summed E-state index contributed by atoms with van der Waals surface area (Å²) in [6.07, 6.45) is 2.93. The first-order chi connectivity index (χ1) is 14.2. The number of rotatable bonds is 3. The van der Waals surface area contributed by atoms with Crippen molar-refractivity contribution in [1.29, 1.82) is 0 Å². The Morgan fingerprint density at radius 3 is 2.90 bits per heavy atom. The summed E-state index contributed by atoms with van der Waals surface area (Å²) in [6.45, 7) is 7.74. The molecule has 3 aliphatic rings. The van der Waals surface area contributed by atoms with Gasteiger partial charge in [0, 0.05) is 69.1 Å². The van der Waals surface area contributed by atoms with Crippen LogP contribution in [0, 0.1) is 6.92 Å². The van der Waals surface area contributed by atoms with Crippen LogP contribution in [0.4, 0.5) is 11.5 Å². The number of anilines is 2. The third-order valence-corrected chi connectivity index (χ3v) is 6.64. The highest BCUT2D eigenvalue weighted by atomic mass is 16.2. The van der Waals surface area contributed by atoms with Crippen molar-refractivity contribution in [1.82, 2.24) is 20.4 Å². The summed E-state index contributed by atoms with van der Waals surface area (Å²) in [5.74, 6) is 1.60. The topological polar surface area (TPSA) is 76.3 Å². The first-order valence-electron chi connectivity index (χ1n) is 10.8. The minimum Gasteiger partial charge on any atom is -0.373 e. The van der Waals surface area contributed by atoms with E-state index in [4.69, 9.17) is 0 Å². The molecule has 0 aliphatic carbocycles. The third-order valence-electron chi connectivity index (χ3n) is 6.64. The summed E-state index contributed by atoms with van der Waals surface area (Å²) in [7, 11) is 0. The molecule has 0 saturated carbocycles. The highest BCUT2D eigenvalue weighted by molar-refractivity contribution is 5.88. The first-order valence-corrected chi connectivity index (χ1v) is 10.8. The first kappa shape index (κ1) is 18.5. The lowest BCUT2D eigenvalue weighted by atomic mass is 9.94. The van der Waals surface area contributed by atoms with Gasteiger partial charge in [-0.05, 0) is 37.0 Å².